The van der Waals surface area contributed by atoms with Crippen LogP contribution in [0.1, 0.15) is 22.8 Å². The largest absolute Gasteiger partial charge is 0.495 e. The lowest BCUT2D eigenvalue weighted by atomic mass is 10.1. The number of carbonyl (C=O) groups is 2. The van der Waals surface area contributed by atoms with Crippen LogP contribution in [0.2, 0.25) is 5.02 Å². The van der Waals surface area contributed by atoms with E-state index in [2.05, 4.69) is 5.32 Å². The summed E-state index contributed by atoms with van der Waals surface area (Å²) in [7, 11) is 3.07. The summed E-state index contributed by atoms with van der Waals surface area (Å²) >= 11 is 6.03. The number of esters is 1. The second-order valence-corrected chi connectivity index (χ2v) is 5.93. The first-order valence-corrected chi connectivity index (χ1v) is 8.25. The van der Waals surface area contributed by atoms with E-state index in [4.69, 9.17) is 25.8 Å². The van der Waals surface area contributed by atoms with Crippen LogP contribution in [-0.4, -0.2) is 32.2 Å². The minimum atomic E-state index is -0.977. The van der Waals surface area contributed by atoms with Gasteiger partial charge in [0.1, 0.15) is 5.75 Å². The number of rotatable bonds is 7. The highest BCUT2D eigenvalue weighted by atomic mass is 35.5. The van der Waals surface area contributed by atoms with Crippen molar-refractivity contribution in [2.75, 3.05) is 19.5 Å². The van der Waals surface area contributed by atoms with Gasteiger partial charge in [-0.25, -0.2) is 4.79 Å². The molecule has 0 radical (unpaired) electrons. The molecule has 0 heterocycles. The molecular weight excluding hydrogens is 358 g/mol. The van der Waals surface area contributed by atoms with Crippen LogP contribution >= 0.6 is 11.6 Å². The molecule has 0 bridgehead atoms. The Labute approximate surface area is 157 Å². The van der Waals surface area contributed by atoms with E-state index in [0.29, 0.717) is 28.6 Å². The molecule has 0 unspecified atom stereocenters. The van der Waals surface area contributed by atoms with E-state index in [1.165, 1.54) is 14.0 Å². The number of anilines is 1. The van der Waals surface area contributed by atoms with Crippen molar-refractivity contribution < 1.29 is 23.8 Å². The third-order valence-electron chi connectivity index (χ3n) is 3.55. The van der Waals surface area contributed by atoms with Gasteiger partial charge in [0.15, 0.2) is 6.10 Å². The predicted molar refractivity (Wildman–Crippen MR) is 98.7 cm³/mol. The summed E-state index contributed by atoms with van der Waals surface area (Å²) in [6.45, 7) is 1.88. The number of ether oxygens (including phenoxy) is 3. The Hall–Kier alpha value is -2.57. The monoisotopic (exact) mass is 377 g/mol. The van der Waals surface area contributed by atoms with Gasteiger partial charge in [-0.3, -0.25) is 4.79 Å². The van der Waals surface area contributed by atoms with Crippen molar-refractivity contribution in [3.63, 3.8) is 0 Å². The number of hydrogen-bond donors (Lipinski definition) is 1. The summed E-state index contributed by atoms with van der Waals surface area (Å²) < 4.78 is 15.3. The van der Waals surface area contributed by atoms with Crippen molar-refractivity contribution in [2.45, 2.75) is 19.6 Å². The van der Waals surface area contributed by atoms with E-state index in [1.54, 1.807) is 43.5 Å². The Morgan fingerprint density at radius 1 is 1.15 bits per heavy atom. The summed E-state index contributed by atoms with van der Waals surface area (Å²) in [5, 5.41) is 3.01. The summed E-state index contributed by atoms with van der Waals surface area (Å²) in [4.78, 5) is 24.5. The Morgan fingerprint density at radius 3 is 2.58 bits per heavy atom. The fourth-order valence-corrected chi connectivity index (χ4v) is 2.48. The van der Waals surface area contributed by atoms with Gasteiger partial charge in [-0.2, -0.15) is 0 Å². The molecule has 6 nitrogen and oxygen atoms in total. The van der Waals surface area contributed by atoms with E-state index in [9.17, 15) is 9.59 Å². The maximum absolute atomic E-state index is 12.2. The molecule has 1 amide bonds. The van der Waals surface area contributed by atoms with Crippen molar-refractivity contribution in [3.8, 4) is 5.75 Å². The number of amides is 1. The Morgan fingerprint density at radius 2 is 1.92 bits per heavy atom. The molecule has 0 saturated heterocycles. The van der Waals surface area contributed by atoms with Gasteiger partial charge in [-0.15, -0.1) is 0 Å². The molecule has 0 saturated carbocycles. The predicted octanol–water partition coefficient (Wildman–Crippen LogP) is 3.68. The first-order valence-electron chi connectivity index (χ1n) is 7.88. The highest BCUT2D eigenvalue weighted by Crippen LogP contribution is 2.27. The highest BCUT2D eigenvalue weighted by molar-refractivity contribution is 6.32. The molecule has 7 heteroatoms. The molecule has 0 fully saturated rings. The minimum absolute atomic E-state index is 0.353. The molecule has 1 N–H and O–H groups in total. The van der Waals surface area contributed by atoms with E-state index in [-0.39, 0.29) is 0 Å². The number of hydrogen-bond acceptors (Lipinski definition) is 5. The van der Waals surface area contributed by atoms with Crippen molar-refractivity contribution in [3.05, 3.63) is 58.6 Å². The third-order valence-corrected chi connectivity index (χ3v) is 3.84. The van der Waals surface area contributed by atoms with Crippen LogP contribution < -0.4 is 10.1 Å². The lowest BCUT2D eigenvalue weighted by molar-refractivity contribution is -0.123. The smallest absolute Gasteiger partial charge is 0.338 e. The van der Waals surface area contributed by atoms with Crippen molar-refractivity contribution >= 4 is 29.2 Å². The van der Waals surface area contributed by atoms with Crippen LogP contribution in [0.25, 0.3) is 0 Å². The van der Waals surface area contributed by atoms with Gasteiger partial charge < -0.3 is 19.5 Å². The van der Waals surface area contributed by atoms with Crippen LogP contribution in [0.15, 0.2) is 42.5 Å². The number of nitrogens with one attached hydrogen (secondary N) is 1. The fourth-order valence-electron chi connectivity index (χ4n) is 2.22. The maximum atomic E-state index is 12.2. The molecule has 2 aromatic carbocycles. The normalized spacial score (nSPS) is 11.5. The molecule has 0 spiro atoms. The molecule has 26 heavy (non-hydrogen) atoms. The maximum Gasteiger partial charge on any atom is 0.338 e. The molecule has 1 atom stereocenters. The molecule has 0 aliphatic rings. The lowest BCUT2D eigenvalue weighted by Crippen LogP contribution is -2.30. The number of carbonyl (C=O) groups excluding carboxylic acids is 2. The van der Waals surface area contributed by atoms with Crippen LogP contribution in [0.3, 0.4) is 0 Å². The lowest BCUT2D eigenvalue weighted by Gasteiger charge is -2.14. The zero-order chi connectivity index (χ0) is 19.1. The van der Waals surface area contributed by atoms with Gasteiger partial charge in [-0.1, -0.05) is 23.7 Å². The second-order valence-electron chi connectivity index (χ2n) is 5.52. The van der Waals surface area contributed by atoms with Crippen molar-refractivity contribution in [1.29, 1.82) is 0 Å². The van der Waals surface area contributed by atoms with Crippen molar-refractivity contribution in [1.82, 2.24) is 0 Å². The van der Waals surface area contributed by atoms with Crippen molar-refractivity contribution in [2.24, 2.45) is 0 Å². The average Bonchev–Trinajstić information content (AvgIpc) is 2.62. The SMILES string of the molecule is COCc1cccc(C(=O)O[C@H](C)C(=O)Nc2ccc(OC)c(Cl)c2)c1. The number of benzene rings is 2. The van der Waals surface area contributed by atoms with Crippen LogP contribution in [0.5, 0.6) is 5.75 Å². The quantitative estimate of drug-likeness (QED) is 0.745. The van der Waals surface area contributed by atoms with Crippen LogP contribution in [-0.2, 0) is 20.9 Å². The van der Waals surface area contributed by atoms with E-state index >= 15 is 0 Å². The second kappa shape index (κ2) is 9.22. The third kappa shape index (κ3) is 5.21. The van der Waals surface area contributed by atoms with Gasteiger partial charge in [0.2, 0.25) is 0 Å². The van der Waals surface area contributed by atoms with E-state index in [0.717, 1.165) is 5.56 Å². The molecule has 0 aliphatic heterocycles. The first kappa shape index (κ1) is 19.8. The van der Waals surface area contributed by atoms with Gasteiger partial charge in [0.05, 0.1) is 24.3 Å². The summed E-state index contributed by atoms with van der Waals surface area (Å²) in [5.41, 5.74) is 1.67. The summed E-state index contributed by atoms with van der Waals surface area (Å²) in [5.74, 6) is -0.550. The zero-order valence-corrected chi connectivity index (χ0v) is 15.5. The van der Waals surface area contributed by atoms with E-state index < -0.39 is 18.0 Å². The van der Waals surface area contributed by atoms with Crippen LogP contribution in [0, 0.1) is 0 Å². The standard InChI is InChI=1S/C19H20ClNO5/c1-12(18(22)21-15-7-8-17(25-3)16(20)10-15)26-19(23)14-6-4-5-13(9-14)11-24-2/h4-10,12H,11H2,1-3H3,(H,21,22)/t12-/m1/s1. The molecule has 0 aliphatic carbocycles. The molecule has 2 aromatic rings. The fraction of sp³-hybridized carbons (Fsp3) is 0.263. The Balaban J connectivity index is 1.99. The minimum Gasteiger partial charge on any atom is -0.495 e. The Bertz CT molecular complexity index is 793. The van der Waals surface area contributed by atoms with Crippen LogP contribution in [0.4, 0.5) is 5.69 Å². The highest BCUT2D eigenvalue weighted by Gasteiger charge is 2.19. The summed E-state index contributed by atoms with van der Waals surface area (Å²) in [6.07, 6.45) is -0.977. The number of halogens is 1. The molecular formula is C19H20ClNO5. The first-order chi connectivity index (χ1) is 12.4. The van der Waals surface area contributed by atoms with Gasteiger partial charge in [0.25, 0.3) is 5.91 Å². The topological polar surface area (TPSA) is 73.9 Å². The number of methoxy groups -OCH3 is 2. The van der Waals surface area contributed by atoms with Gasteiger partial charge >= 0.3 is 5.97 Å². The van der Waals surface area contributed by atoms with Gasteiger partial charge in [0, 0.05) is 12.8 Å². The summed E-state index contributed by atoms with van der Waals surface area (Å²) in [6, 6.07) is 11.7. The molecule has 2 rings (SSSR count). The van der Waals surface area contributed by atoms with Gasteiger partial charge in [-0.05, 0) is 42.8 Å². The zero-order valence-electron chi connectivity index (χ0n) is 14.7. The average molecular weight is 378 g/mol. The molecule has 0 aromatic heterocycles. The van der Waals surface area contributed by atoms with E-state index in [1.807, 2.05) is 6.07 Å². The molecule has 138 valence electrons. The Kier molecular flexibility index (Phi) is 7.00.